The largest absolute Gasteiger partial charge is 0.365 e. The van der Waals surface area contributed by atoms with Crippen molar-refractivity contribution in [1.82, 2.24) is 9.55 Å². The molecular formula is C14H16N4O2S. The lowest BCUT2D eigenvalue weighted by Crippen LogP contribution is -2.25. The summed E-state index contributed by atoms with van der Waals surface area (Å²) >= 11 is 1.16. The van der Waals surface area contributed by atoms with E-state index in [9.17, 15) is 9.59 Å². The summed E-state index contributed by atoms with van der Waals surface area (Å²) in [5, 5.41) is 9.08. The number of hydrogen-bond acceptors (Lipinski definition) is 5. The Morgan fingerprint density at radius 1 is 1.52 bits per heavy atom. The summed E-state index contributed by atoms with van der Waals surface area (Å²) in [6.07, 6.45) is 1.60. The number of nitriles is 1. The summed E-state index contributed by atoms with van der Waals surface area (Å²) in [6.45, 7) is 4.09. The molecule has 2 rings (SSSR count). The normalized spacial score (nSPS) is 10.7. The van der Waals surface area contributed by atoms with Crippen molar-refractivity contribution in [3.05, 3.63) is 26.6 Å². The van der Waals surface area contributed by atoms with E-state index in [0.717, 1.165) is 11.3 Å². The van der Waals surface area contributed by atoms with E-state index in [-0.39, 0.29) is 5.56 Å². The van der Waals surface area contributed by atoms with Gasteiger partial charge in [-0.2, -0.15) is 5.26 Å². The molecule has 0 fully saturated rings. The van der Waals surface area contributed by atoms with Crippen molar-refractivity contribution in [2.24, 2.45) is 5.73 Å². The van der Waals surface area contributed by atoms with Crippen LogP contribution in [0.5, 0.6) is 0 Å². The van der Waals surface area contributed by atoms with E-state index in [2.05, 4.69) is 11.1 Å². The van der Waals surface area contributed by atoms with Crippen molar-refractivity contribution in [3.8, 4) is 6.07 Å². The van der Waals surface area contributed by atoms with Gasteiger partial charge in [-0.3, -0.25) is 14.2 Å². The number of nitrogens with two attached hydrogens (primary N) is 1. The zero-order valence-corrected chi connectivity index (χ0v) is 12.8. The molecule has 0 unspecified atom stereocenters. The molecule has 2 aromatic heterocycles. The Labute approximate surface area is 125 Å². The van der Waals surface area contributed by atoms with E-state index < -0.39 is 5.91 Å². The second-order valence-electron chi connectivity index (χ2n) is 4.70. The van der Waals surface area contributed by atoms with E-state index in [4.69, 9.17) is 11.0 Å². The number of primary amides is 1. The van der Waals surface area contributed by atoms with Crippen LogP contribution in [0.25, 0.3) is 10.2 Å². The molecule has 0 aliphatic carbocycles. The lowest BCUT2D eigenvalue weighted by atomic mass is 10.2. The summed E-state index contributed by atoms with van der Waals surface area (Å²) in [7, 11) is 0. The van der Waals surface area contributed by atoms with Gasteiger partial charge in [-0.15, -0.1) is 11.3 Å². The molecule has 2 N–H and O–H groups in total. The zero-order valence-electron chi connectivity index (χ0n) is 12.0. The number of fused-ring (bicyclic) bond motifs is 1. The first-order chi connectivity index (χ1) is 10.0. The molecule has 1 amide bonds. The lowest BCUT2D eigenvalue weighted by Gasteiger charge is -2.10. The molecule has 0 aliphatic rings. The maximum absolute atomic E-state index is 12.7. The third-order valence-electron chi connectivity index (χ3n) is 3.34. The van der Waals surface area contributed by atoms with Crippen LogP contribution in [0.1, 0.15) is 40.8 Å². The van der Waals surface area contributed by atoms with Crippen LogP contribution in [0.2, 0.25) is 0 Å². The third-order valence-corrected chi connectivity index (χ3v) is 4.54. The molecule has 0 aliphatic heterocycles. The highest BCUT2D eigenvalue weighted by Gasteiger charge is 2.19. The summed E-state index contributed by atoms with van der Waals surface area (Å²) < 4.78 is 1.60. The fraction of sp³-hybridized carbons (Fsp3) is 0.429. The molecular weight excluding hydrogens is 288 g/mol. The monoisotopic (exact) mass is 304 g/mol. The van der Waals surface area contributed by atoms with Gasteiger partial charge in [0.05, 0.1) is 16.3 Å². The Bertz CT molecular complexity index is 798. The second kappa shape index (κ2) is 6.06. The summed E-state index contributed by atoms with van der Waals surface area (Å²) in [5.41, 5.74) is 5.77. The minimum Gasteiger partial charge on any atom is -0.365 e. The smallest absolute Gasteiger partial charge is 0.262 e. The van der Waals surface area contributed by atoms with Gasteiger partial charge in [0.2, 0.25) is 0 Å². The maximum atomic E-state index is 12.7. The SMILES string of the molecule is CCc1nc2sc(C(N)=O)c(C)c2c(=O)n1CCCC#N. The topological polar surface area (TPSA) is 102 Å². The third kappa shape index (κ3) is 2.67. The number of carbonyl (C=O) groups is 1. The molecule has 2 heterocycles. The first kappa shape index (κ1) is 15.2. The van der Waals surface area contributed by atoms with Crippen LogP contribution < -0.4 is 11.3 Å². The van der Waals surface area contributed by atoms with Gasteiger partial charge >= 0.3 is 0 Å². The van der Waals surface area contributed by atoms with E-state index >= 15 is 0 Å². The predicted octanol–water partition coefficient (Wildman–Crippen LogP) is 1.73. The number of carbonyl (C=O) groups excluding carboxylic acids is 1. The highest BCUT2D eigenvalue weighted by Crippen LogP contribution is 2.27. The Hall–Kier alpha value is -2.20. The van der Waals surface area contributed by atoms with Crippen molar-refractivity contribution < 1.29 is 4.79 Å². The molecule has 0 saturated heterocycles. The van der Waals surface area contributed by atoms with Gasteiger partial charge in [0.1, 0.15) is 10.7 Å². The Morgan fingerprint density at radius 2 is 2.24 bits per heavy atom. The quantitative estimate of drug-likeness (QED) is 0.850. The minimum atomic E-state index is -0.538. The molecule has 6 nitrogen and oxygen atoms in total. The van der Waals surface area contributed by atoms with Gasteiger partial charge in [-0.25, -0.2) is 4.98 Å². The molecule has 2 aromatic rings. The summed E-state index contributed by atoms with van der Waals surface area (Å²) in [5.74, 6) is 0.131. The van der Waals surface area contributed by atoms with E-state index in [1.165, 1.54) is 0 Å². The van der Waals surface area contributed by atoms with Crippen LogP contribution >= 0.6 is 11.3 Å². The summed E-state index contributed by atoms with van der Waals surface area (Å²) in [4.78, 5) is 29.5. The fourth-order valence-electron chi connectivity index (χ4n) is 2.31. The minimum absolute atomic E-state index is 0.156. The molecule has 0 radical (unpaired) electrons. The van der Waals surface area contributed by atoms with Crippen molar-refractivity contribution in [2.75, 3.05) is 0 Å². The van der Waals surface area contributed by atoms with Crippen LogP contribution in [0.15, 0.2) is 4.79 Å². The first-order valence-electron chi connectivity index (χ1n) is 6.70. The second-order valence-corrected chi connectivity index (χ2v) is 5.70. The maximum Gasteiger partial charge on any atom is 0.262 e. The van der Waals surface area contributed by atoms with Gasteiger partial charge < -0.3 is 5.73 Å². The number of nitrogens with zero attached hydrogens (tertiary/aromatic N) is 3. The highest BCUT2D eigenvalue weighted by molar-refractivity contribution is 7.20. The molecule has 7 heteroatoms. The first-order valence-corrected chi connectivity index (χ1v) is 7.52. The highest BCUT2D eigenvalue weighted by atomic mass is 32.1. The van der Waals surface area contributed by atoms with Gasteiger partial charge in [0.15, 0.2) is 0 Å². The zero-order chi connectivity index (χ0) is 15.6. The average Bonchev–Trinajstić information content (AvgIpc) is 2.78. The molecule has 0 bridgehead atoms. The van der Waals surface area contributed by atoms with Gasteiger partial charge in [-0.05, 0) is 18.9 Å². The van der Waals surface area contributed by atoms with Crippen LogP contribution in [0.4, 0.5) is 0 Å². The predicted molar refractivity (Wildman–Crippen MR) is 81.4 cm³/mol. The average molecular weight is 304 g/mol. The van der Waals surface area contributed by atoms with Crippen molar-refractivity contribution in [1.29, 1.82) is 5.26 Å². The van der Waals surface area contributed by atoms with Crippen molar-refractivity contribution >= 4 is 27.5 Å². The molecule has 0 saturated carbocycles. The van der Waals surface area contributed by atoms with Gasteiger partial charge in [-0.1, -0.05) is 6.92 Å². The van der Waals surface area contributed by atoms with Crippen LogP contribution in [-0.2, 0) is 13.0 Å². The molecule has 0 atom stereocenters. The Balaban J connectivity index is 2.66. The Morgan fingerprint density at radius 3 is 2.81 bits per heavy atom. The van der Waals surface area contributed by atoms with Crippen LogP contribution in [0, 0.1) is 18.3 Å². The molecule has 110 valence electrons. The Kier molecular flexibility index (Phi) is 4.38. The van der Waals surface area contributed by atoms with E-state index in [0.29, 0.717) is 52.3 Å². The molecule has 0 spiro atoms. The number of hydrogen-bond donors (Lipinski definition) is 1. The molecule has 21 heavy (non-hydrogen) atoms. The van der Waals surface area contributed by atoms with Crippen LogP contribution in [-0.4, -0.2) is 15.5 Å². The number of unbranched alkanes of at least 4 members (excludes halogenated alkanes) is 1. The number of aryl methyl sites for hydroxylation is 2. The number of rotatable bonds is 5. The number of amides is 1. The van der Waals surface area contributed by atoms with Gasteiger partial charge in [0, 0.05) is 19.4 Å². The molecule has 0 aromatic carbocycles. The standard InChI is InChI=1S/C14H16N4O2S/c1-3-9-17-13-10(8(2)11(21-13)12(16)19)14(20)18(9)7-5-4-6-15/h3-5,7H2,1-2H3,(H2,16,19). The summed E-state index contributed by atoms with van der Waals surface area (Å²) in [6, 6.07) is 2.07. The number of aromatic nitrogens is 2. The lowest BCUT2D eigenvalue weighted by molar-refractivity contribution is 0.100. The van der Waals surface area contributed by atoms with E-state index in [1.807, 2.05) is 6.92 Å². The van der Waals surface area contributed by atoms with E-state index in [1.54, 1.807) is 11.5 Å². The fourth-order valence-corrected chi connectivity index (χ4v) is 3.35. The number of thiophene rings is 1. The van der Waals surface area contributed by atoms with Crippen molar-refractivity contribution in [2.45, 2.75) is 39.7 Å². The van der Waals surface area contributed by atoms with Gasteiger partial charge in [0.25, 0.3) is 11.5 Å². The van der Waals surface area contributed by atoms with Crippen molar-refractivity contribution in [3.63, 3.8) is 0 Å². The van der Waals surface area contributed by atoms with Crippen LogP contribution in [0.3, 0.4) is 0 Å².